The van der Waals surface area contributed by atoms with E-state index in [0.717, 1.165) is 21.7 Å². The minimum atomic E-state index is 0.918. The molecule has 1 N–H and O–H groups in total. The van der Waals surface area contributed by atoms with E-state index in [4.69, 9.17) is 0 Å². The Labute approximate surface area is 89.1 Å². The Bertz CT molecular complexity index is 424. The summed E-state index contributed by atoms with van der Waals surface area (Å²) in [7, 11) is 0. The molecule has 1 heterocycles. The highest BCUT2D eigenvalue weighted by molar-refractivity contribution is 9.10. The third kappa shape index (κ3) is 1.84. The van der Waals surface area contributed by atoms with Crippen LogP contribution in [0.5, 0.6) is 0 Å². The van der Waals surface area contributed by atoms with Gasteiger partial charge in [0.15, 0.2) is 5.13 Å². The van der Waals surface area contributed by atoms with Crippen LogP contribution < -0.4 is 5.32 Å². The van der Waals surface area contributed by atoms with E-state index >= 15 is 0 Å². The monoisotopic (exact) mass is 256 g/mol. The van der Waals surface area contributed by atoms with Gasteiger partial charge in [0.2, 0.25) is 0 Å². The number of hydrogen-bond donors (Lipinski definition) is 1. The summed E-state index contributed by atoms with van der Waals surface area (Å²) in [6.07, 6.45) is 0. The van der Waals surface area contributed by atoms with Gasteiger partial charge < -0.3 is 5.32 Å². The lowest BCUT2D eigenvalue weighted by molar-refractivity contribution is 1.20. The van der Waals surface area contributed by atoms with Crippen LogP contribution in [0.15, 0.2) is 22.7 Å². The number of nitrogens with one attached hydrogen (secondary N) is 1. The van der Waals surface area contributed by atoms with Crippen LogP contribution in [0.4, 0.5) is 5.13 Å². The molecule has 2 nitrogen and oxygen atoms in total. The van der Waals surface area contributed by atoms with Gasteiger partial charge in [0.25, 0.3) is 0 Å². The molecule has 0 radical (unpaired) electrons. The summed E-state index contributed by atoms with van der Waals surface area (Å²) in [5.41, 5.74) is 1.05. The molecule has 0 aliphatic rings. The van der Waals surface area contributed by atoms with E-state index in [1.165, 1.54) is 4.70 Å². The predicted molar refractivity (Wildman–Crippen MR) is 61.5 cm³/mol. The molecule has 0 saturated carbocycles. The second-order valence-electron chi connectivity index (χ2n) is 2.66. The summed E-state index contributed by atoms with van der Waals surface area (Å²) < 4.78 is 2.30. The number of hydrogen-bond acceptors (Lipinski definition) is 3. The van der Waals surface area contributed by atoms with Gasteiger partial charge in [-0.15, -0.1) is 0 Å². The lowest BCUT2D eigenvalue weighted by Gasteiger charge is -1.92. The second-order valence-corrected chi connectivity index (χ2v) is 4.61. The fourth-order valence-corrected chi connectivity index (χ4v) is 2.39. The van der Waals surface area contributed by atoms with Crippen LogP contribution in [-0.4, -0.2) is 11.5 Å². The molecule has 4 heteroatoms. The molecule has 0 aliphatic carbocycles. The highest BCUT2D eigenvalue weighted by Crippen LogP contribution is 2.27. The molecule has 1 aromatic heterocycles. The topological polar surface area (TPSA) is 24.9 Å². The van der Waals surface area contributed by atoms with Gasteiger partial charge >= 0.3 is 0 Å². The molecule has 0 unspecified atom stereocenters. The molecule has 0 atom stereocenters. The zero-order valence-electron chi connectivity index (χ0n) is 7.17. The number of fused-ring (bicyclic) bond motifs is 1. The van der Waals surface area contributed by atoms with Crippen molar-refractivity contribution in [3.05, 3.63) is 22.7 Å². The summed E-state index contributed by atoms with van der Waals surface area (Å²) in [6.45, 7) is 2.99. The molecule has 2 rings (SSSR count). The number of halogens is 1. The normalized spacial score (nSPS) is 10.6. The number of anilines is 1. The lowest BCUT2D eigenvalue weighted by atomic mass is 10.3. The summed E-state index contributed by atoms with van der Waals surface area (Å²) >= 11 is 5.11. The first kappa shape index (κ1) is 8.97. The van der Waals surface area contributed by atoms with Crippen LogP contribution >= 0.6 is 27.3 Å². The maximum absolute atomic E-state index is 4.44. The fourth-order valence-electron chi connectivity index (χ4n) is 1.13. The Morgan fingerprint density at radius 1 is 1.54 bits per heavy atom. The van der Waals surface area contributed by atoms with Crippen LogP contribution in [0.1, 0.15) is 6.92 Å². The first-order valence-corrected chi connectivity index (χ1v) is 5.70. The van der Waals surface area contributed by atoms with Gasteiger partial charge in [0.05, 0.1) is 10.2 Å². The molecule has 0 saturated heterocycles. The predicted octanol–water partition coefficient (Wildman–Crippen LogP) is 3.49. The third-order valence-corrected chi connectivity index (χ3v) is 3.16. The quantitative estimate of drug-likeness (QED) is 0.890. The van der Waals surface area contributed by atoms with E-state index in [0.29, 0.717) is 0 Å². The summed E-state index contributed by atoms with van der Waals surface area (Å²) in [5.74, 6) is 0. The first-order valence-electron chi connectivity index (χ1n) is 4.09. The molecule has 0 amide bonds. The van der Waals surface area contributed by atoms with Gasteiger partial charge in [0, 0.05) is 11.0 Å². The van der Waals surface area contributed by atoms with Crippen molar-refractivity contribution in [1.82, 2.24) is 4.98 Å². The maximum Gasteiger partial charge on any atom is 0.183 e. The van der Waals surface area contributed by atoms with Crippen molar-refractivity contribution in [2.75, 3.05) is 11.9 Å². The Kier molecular flexibility index (Phi) is 2.51. The zero-order valence-corrected chi connectivity index (χ0v) is 9.58. The van der Waals surface area contributed by atoms with E-state index in [1.54, 1.807) is 11.3 Å². The Morgan fingerprint density at radius 2 is 2.38 bits per heavy atom. The molecular weight excluding hydrogens is 248 g/mol. The smallest absolute Gasteiger partial charge is 0.183 e. The highest BCUT2D eigenvalue weighted by Gasteiger charge is 2.01. The van der Waals surface area contributed by atoms with Crippen molar-refractivity contribution < 1.29 is 0 Å². The molecule has 2 aromatic rings. The van der Waals surface area contributed by atoms with E-state index in [2.05, 4.69) is 39.2 Å². The van der Waals surface area contributed by atoms with Crippen molar-refractivity contribution in [2.45, 2.75) is 6.92 Å². The van der Waals surface area contributed by atoms with Crippen molar-refractivity contribution in [1.29, 1.82) is 0 Å². The van der Waals surface area contributed by atoms with Crippen molar-refractivity contribution in [2.24, 2.45) is 0 Å². The average Bonchev–Trinajstić information content (AvgIpc) is 2.46. The lowest BCUT2D eigenvalue weighted by Crippen LogP contribution is -1.94. The molecule has 0 bridgehead atoms. The average molecular weight is 257 g/mol. The first-order chi connectivity index (χ1) is 6.29. The number of benzene rings is 1. The van der Waals surface area contributed by atoms with E-state index < -0.39 is 0 Å². The van der Waals surface area contributed by atoms with Crippen LogP contribution in [-0.2, 0) is 0 Å². The molecule has 68 valence electrons. The second kappa shape index (κ2) is 3.64. The van der Waals surface area contributed by atoms with Gasteiger partial charge in [-0.05, 0) is 25.1 Å². The van der Waals surface area contributed by atoms with E-state index in [1.807, 2.05) is 12.1 Å². The van der Waals surface area contributed by atoms with Crippen LogP contribution in [0, 0.1) is 0 Å². The summed E-state index contributed by atoms with van der Waals surface area (Å²) in [4.78, 5) is 4.44. The minimum Gasteiger partial charge on any atom is -0.362 e. The van der Waals surface area contributed by atoms with Gasteiger partial charge in [0.1, 0.15) is 0 Å². The highest BCUT2D eigenvalue weighted by atomic mass is 79.9. The number of rotatable bonds is 2. The van der Waals surface area contributed by atoms with Crippen LogP contribution in [0.25, 0.3) is 10.2 Å². The largest absolute Gasteiger partial charge is 0.362 e. The third-order valence-electron chi connectivity index (χ3n) is 1.68. The minimum absolute atomic E-state index is 0.918. The fraction of sp³-hybridized carbons (Fsp3) is 0.222. The van der Waals surface area contributed by atoms with Gasteiger partial charge in [-0.25, -0.2) is 4.98 Å². The molecule has 0 spiro atoms. The molecule has 1 aromatic carbocycles. The maximum atomic E-state index is 4.44. The molecular formula is C9H9BrN2S. The Morgan fingerprint density at radius 3 is 3.15 bits per heavy atom. The van der Waals surface area contributed by atoms with Crippen LogP contribution in [0.3, 0.4) is 0 Å². The van der Waals surface area contributed by atoms with E-state index in [9.17, 15) is 0 Å². The SMILES string of the molecule is CCNc1nc2cc(Br)ccc2s1. The zero-order chi connectivity index (χ0) is 9.26. The van der Waals surface area contributed by atoms with Crippen LogP contribution in [0.2, 0.25) is 0 Å². The number of aromatic nitrogens is 1. The Balaban J connectivity index is 2.49. The molecule has 13 heavy (non-hydrogen) atoms. The number of nitrogens with zero attached hydrogens (tertiary/aromatic N) is 1. The van der Waals surface area contributed by atoms with Crippen molar-refractivity contribution >= 4 is 42.6 Å². The van der Waals surface area contributed by atoms with Gasteiger partial charge in [-0.2, -0.15) is 0 Å². The summed E-state index contributed by atoms with van der Waals surface area (Å²) in [5, 5.41) is 4.20. The molecule has 0 fully saturated rings. The van der Waals surface area contributed by atoms with Gasteiger partial charge in [-0.1, -0.05) is 27.3 Å². The molecule has 0 aliphatic heterocycles. The number of thiazole rings is 1. The summed E-state index contributed by atoms with van der Waals surface area (Å²) in [6, 6.07) is 6.15. The standard InChI is InChI=1S/C9H9BrN2S/c1-2-11-9-12-7-5-6(10)3-4-8(7)13-9/h3-5H,2H2,1H3,(H,11,12). The van der Waals surface area contributed by atoms with Crippen molar-refractivity contribution in [3.63, 3.8) is 0 Å². The van der Waals surface area contributed by atoms with E-state index in [-0.39, 0.29) is 0 Å². The van der Waals surface area contributed by atoms with Crippen molar-refractivity contribution in [3.8, 4) is 0 Å². The van der Waals surface area contributed by atoms with Gasteiger partial charge in [-0.3, -0.25) is 0 Å². The Hall–Kier alpha value is -0.610.